The Kier molecular flexibility index (Phi) is 4.37. The van der Waals surface area contributed by atoms with Crippen LogP contribution in [0.25, 0.3) is 10.4 Å². The van der Waals surface area contributed by atoms with Gasteiger partial charge in [-0.2, -0.15) is 0 Å². The van der Waals surface area contributed by atoms with E-state index in [2.05, 4.69) is 27.8 Å². The maximum absolute atomic E-state index is 13.6. The molecule has 0 atom stereocenters. The Morgan fingerprint density at radius 2 is 1.97 bits per heavy atom. The van der Waals surface area contributed by atoms with E-state index in [9.17, 15) is 4.79 Å². The summed E-state index contributed by atoms with van der Waals surface area (Å²) in [6.45, 7) is 2.47. The third kappa shape index (κ3) is 3.19. The van der Waals surface area contributed by atoms with Crippen molar-refractivity contribution < 1.29 is 4.79 Å². The first-order valence-electron chi connectivity index (χ1n) is 9.47. The molecule has 1 N–H and O–H groups in total. The van der Waals surface area contributed by atoms with E-state index in [0.717, 1.165) is 33.9 Å². The highest BCUT2D eigenvalue weighted by molar-refractivity contribution is 7.13. The lowest BCUT2D eigenvalue weighted by molar-refractivity contribution is 0.0985. The summed E-state index contributed by atoms with van der Waals surface area (Å²) in [4.78, 5) is 21.1. The van der Waals surface area contributed by atoms with Gasteiger partial charge in [-0.25, -0.2) is 4.98 Å². The number of amides is 1. The first-order valence-corrected chi connectivity index (χ1v) is 10.3. The number of benzene rings is 2. The molecular weight excluding hydrogens is 378 g/mol. The minimum absolute atomic E-state index is 0.00816. The summed E-state index contributed by atoms with van der Waals surface area (Å²) < 4.78 is 0. The van der Waals surface area contributed by atoms with Gasteiger partial charge in [-0.3, -0.25) is 4.79 Å². The molecule has 0 aliphatic carbocycles. The van der Waals surface area contributed by atoms with Gasteiger partial charge in [0.2, 0.25) is 0 Å². The van der Waals surface area contributed by atoms with E-state index in [1.54, 1.807) is 17.5 Å². The van der Waals surface area contributed by atoms with Crippen LogP contribution in [0.5, 0.6) is 0 Å². The van der Waals surface area contributed by atoms with E-state index < -0.39 is 0 Å². The van der Waals surface area contributed by atoms with Gasteiger partial charge < -0.3 is 10.2 Å². The number of rotatable bonds is 2. The Labute approximate surface area is 173 Å². The van der Waals surface area contributed by atoms with Crippen LogP contribution in [0.4, 0.5) is 17.2 Å². The van der Waals surface area contributed by atoms with Crippen molar-refractivity contribution >= 4 is 34.4 Å². The number of hydrogen-bond acceptors (Lipinski definition) is 4. The summed E-state index contributed by atoms with van der Waals surface area (Å²) in [6.07, 6.45) is 1.76. The fourth-order valence-corrected chi connectivity index (χ4v) is 4.43. The van der Waals surface area contributed by atoms with Gasteiger partial charge >= 0.3 is 0 Å². The Hall–Kier alpha value is -3.44. The van der Waals surface area contributed by atoms with Crippen molar-refractivity contribution in [3.05, 3.63) is 95.0 Å². The predicted octanol–water partition coefficient (Wildman–Crippen LogP) is 6.02. The average molecular weight is 398 g/mol. The second kappa shape index (κ2) is 7.18. The highest BCUT2D eigenvalue weighted by Crippen LogP contribution is 2.36. The monoisotopic (exact) mass is 397 g/mol. The van der Waals surface area contributed by atoms with Crippen LogP contribution >= 0.6 is 11.3 Å². The van der Waals surface area contributed by atoms with Crippen molar-refractivity contribution in [2.45, 2.75) is 13.5 Å². The molecule has 0 unspecified atom stereocenters. The van der Waals surface area contributed by atoms with Crippen LogP contribution in [0.2, 0.25) is 0 Å². The topological polar surface area (TPSA) is 45.2 Å². The summed E-state index contributed by atoms with van der Waals surface area (Å²) in [5.41, 5.74) is 5.56. The normalized spacial score (nSPS) is 12.5. The highest BCUT2D eigenvalue weighted by Gasteiger charge is 2.26. The number of para-hydroxylation sites is 2. The largest absolute Gasteiger partial charge is 0.338 e. The molecule has 0 saturated heterocycles. The lowest BCUT2D eigenvalue weighted by Gasteiger charge is -2.23. The molecule has 2 aromatic heterocycles. The van der Waals surface area contributed by atoms with Crippen molar-refractivity contribution in [1.82, 2.24) is 4.98 Å². The highest BCUT2D eigenvalue weighted by atomic mass is 32.1. The van der Waals surface area contributed by atoms with Crippen LogP contribution in [0.15, 0.2) is 78.3 Å². The number of fused-ring (bicyclic) bond motifs is 2. The van der Waals surface area contributed by atoms with Crippen molar-refractivity contribution in [1.29, 1.82) is 0 Å². The molecular formula is C24H19N3OS. The van der Waals surface area contributed by atoms with Gasteiger partial charge in [0.25, 0.3) is 5.91 Å². The predicted molar refractivity (Wildman–Crippen MR) is 119 cm³/mol. The Bertz CT molecular complexity index is 1200. The summed E-state index contributed by atoms with van der Waals surface area (Å²) in [6, 6.07) is 22.0. The molecule has 4 nitrogen and oxygen atoms in total. The van der Waals surface area contributed by atoms with Gasteiger partial charge in [0, 0.05) is 22.2 Å². The van der Waals surface area contributed by atoms with Crippen molar-refractivity contribution in [2.75, 3.05) is 10.2 Å². The number of carbonyl (C=O) groups is 1. The fraction of sp³-hybridized carbons (Fsp3) is 0.0833. The molecule has 2 aromatic carbocycles. The summed E-state index contributed by atoms with van der Waals surface area (Å²) in [5, 5.41) is 5.44. The lowest BCUT2D eigenvalue weighted by Crippen LogP contribution is -2.30. The third-order valence-electron chi connectivity index (χ3n) is 5.18. The average Bonchev–Trinajstić information content (AvgIpc) is 3.22. The van der Waals surface area contributed by atoms with Gasteiger partial charge in [-0.05, 0) is 59.8 Å². The van der Waals surface area contributed by atoms with E-state index in [4.69, 9.17) is 0 Å². The molecule has 142 valence electrons. The summed E-state index contributed by atoms with van der Waals surface area (Å²) in [5.74, 6) is 0.784. The zero-order valence-corrected chi connectivity index (χ0v) is 16.7. The zero-order valence-electron chi connectivity index (χ0n) is 15.9. The number of thiophene rings is 1. The number of pyridine rings is 1. The number of anilines is 3. The van der Waals surface area contributed by atoms with Crippen LogP contribution in [0, 0.1) is 6.92 Å². The van der Waals surface area contributed by atoms with Crippen LogP contribution in [-0.4, -0.2) is 10.9 Å². The second-order valence-electron chi connectivity index (χ2n) is 7.05. The van der Waals surface area contributed by atoms with Crippen molar-refractivity contribution in [3.8, 4) is 10.4 Å². The van der Waals surface area contributed by atoms with Crippen LogP contribution in [0.1, 0.15) is 21.5 Å². The number of nitrogens with zero attached hydrogens (tertiary/aromatic N) is 2. The van der Waals surface area contributed by atoms with Gasteiger partial charge in [0.1, 0.15) is 5.82 Å². The van der Waals surface area contributed by atoms with Crippen LogP contribution in [-0.2, 0) is 6.54 Å². The molecule has 1 aliphatic heterocycles. The van der Waals surface area contributed by atoms with E-state index in [1.807, 2.05) is 66.4 Å². The second-order valence-corrected chi connectivity index (χ2v) is 8.00. The minimum Gasteiger partial charge on any atom is -0.338 e. The molecule has 3 heterocycles. The molecule has 0 radical (unpaired) electrons. The first-order chi connectivity index (χ1) is 14.2. The zero-order chi connectivity index (χ0) is 19.8. The standard InChI is InChI=1S/C24H19N3OS/c1-16-14-17(22-9-5-13-29-22)10-11-19(16)24(28)27-15-18-6-4-12-25-23(18)26-20-7-2-3-8-21(20)27/h2-14H,15H2,1H3,(H,25,26). The summed E-state index contributed by atoms with van der Waals surface area (Å²) in [7, 11) is 0. The van der Waals surface area contributed by atoms with Crippen LogP contribution < -0.4 is 10.2 Å². The number of nitrogens with one attached hydrogen (secondary N) is 1. The van der Waals surface area contributed by atoms with Gasteiger partial charge in [-0.1, -0.05) is 30.3 Å². The molecule has 0 spiro atoms. The Morgan fingerprint density at radius 3 is 2.79 bits per heavy atom. The van der Waals surface area contributed by atoms with E-state index >= 15 is 0 Å². The van der Waals surface area contributed by atoms with Gasteiger partial charge in [0.05, 0.1) is 17.9 Å². The van der Waals surface area contributed by atoms with Crippen molar-refractivity contribution in [3.63, 3.8) is 0 Å². The molecule has 4 aromatic rings. The van der Waals surface area contributed by atoms with Gasteiger partial charge in [-0.15, -0.1) is 11.3 Å². The Balaban J connectivity index is 1.57. The first kappa shape index (κ1) is 17.6. The fourth-order valence-electron chi connectivity index (χ4n) is 3.70. The Morgan fingerprint density at radius 1 is 1.07 bits per heavy atom. The minimum atomic E-state index is -0.00816. The molecule has 0 bridgehead atoms. The maximum atomic E-state index is 13.6. The maximum Gasteiger partial charge on any atom is 0.258 e. The van der Waals surface area contributed by atoms with E-state index in [-0.39, 0.29) is 5.91 Å². The molecule has 29 heavy (non-hydrogen) atoms. The van der Waals surface area contributed by atoms with Gasteiger partial charge in [0.15, 0.2) is 0 Å². The number of carbonyl (C=O) groups excluding carboxylic acids is 1. The number of hydrogen-bond donors (Lipinski definition) is 1. The molecule has 5 heteroatoms. The molecule has 5 rings (SSSR count). The smallest absolute Gasteiger partial charge is 0.258 e. The quantitative estimate of drug-likeness (QED) is 0.450. The summed E-state index contributed by atoms with van der Waals surface area (Å²) >= 11 is 1.70. The number of aromatic nitrogens is 1. The number of aryl methyl sites for hydroxylation is 1. The molecule has 0 fully saturated rings. The molecule has 1 aliphatic rings. The van der Waals surface area contributed by atoms with Crippen LogP contribution in [0.3, 0.4) is 0 Å². The molecule has 1 amide bonds. The van der Waals surface area contributed by atoms with E-state index in [0.29, 0.717) is 12.1 Å². The SMILES string of the molecule is Cc1cc(-c2cccs2)ccc1C(=O)N1Cc2cccnc2Nc2ccccc21. The molecule has 0 saturated carbocycles. The lowest BCUT2D eigenvalue weighted by atomic mass is 10.0. The third-order valence-corrected chi connectivity index (χ3v) is 6.09. The van der Waals surface area contributed by atoms with E-state index in [1.165, 1.54) is 4.88 Å². The van der Waals surface area contributed by atoms with Crippen molar-refractivity contribution in [2.24, 2.45) is 0 Å².